The van der Waals surface area contributed by atoms with Gasteiger partial charge in [-0.1, -0.05) is 12.8 Å². The molecule has 0 spiro atoms. The van der Waals surface area contributed by atoms with Crippen LogP contribution < -0.4 is 14.8 Å². The number of rotatable bonds is 10. The van der Waals surface area contributed by atoms with E-state index in [4.69, 9.17) is 15.9 Å². The number of nitrogens with one attached hydrogen (secondary N) is 1. The molecule has 3 rings (SSSR count). The number of nitro groups is 1. The molecule has 1 fully saturated rings. The fraction of sp³-hybridized carbons (Fsp3) is 0.370. The Morgan fingerprint density at radius 2 is 2.03 bits per heavy atom. The summed E-state index contributed by atoms with van der Waals surface area (Å²) in [6, 6.07) is 12.4. The molecule has 0 unspecified atom stereocenters. The van der Waals surface area contributed by atoms with Crippen molar-refractivity contribution in [3.8, 4) is 29.9 Å². The molecule has 0 radical (unpaired) electrons. The van der Waals surface area contributed by atoms with Gasteiger partial charge in [-0.05, 0) is 73.9 Å². The number of nitro benzene ring substituents is 1. The predicted molar refractivity (Wildman–Crippen MR) is 136 cm³/mol. The van der Waals surface area contributed by atoms with Gasteiger partial charge < -0.3 is 14.8 Å². The molecular formula is C27H30N4O4. The Labute approximate surface area is 206 Å². The van der Waals surface area contributed by atoms with Crippen molar-refractivity contribution in [2.45, 2.75) is 32.4 Å². The lowest BCUT2D eigenvalue weighted by Gasteiger charge is -2.32. The van der Waals surface area contributed by atoms with Crippen LogP contribution in [0.15, 0.2) is 36.4 Å². The molecule has 35 heavy (non-hydrogen) atoms. The molecule has 0 atom stereocenters. The van der Waals surface area contributed by atoms with Gasteiger partial charge in [0.15, 0.2) is 11.5 Å². The number of likely N-dealkylation sites (tertiary alicyclic amines) is 1. The van der Waals surface area contributed by atoms with E-state index in [1.807, 2.05) is 6.07 Å². The van der Waals surface area contributed by atoms with Crippen LogP contribution in [-0.2, 0) is 6.54 Å². The van der Waals surface area contributed by atoms with Gasteiger partial charge in [-0.3, -0.25) is 15.0 Å². The number of nitriles is 1. The molecule has 1 heterocycles. The molecule has 0 aliphatic carbocycles. The molecule has 0 saturated carbocycles. The Kier molecular flexibility index (Phi) is 9.25. The molecule has 2 aromatic rings. The average Bonchev–Trinajstić information content (AvgIpc) is 2.87. The molecule has 1 aliphatic heterocycles. The maximum Gasteiger partial charge on any atom is 0.269 e. The minimum absolute atomic E-state index is 0.0251. The van der Waals surface area contributed by atoms with E-state index in [0.717, 1.165) is 43.6 Å². The first kappa shape index (κ1) is 25.8. The lowest BCUT2D eigenvalue weighted by Crippen LogP contribution is -2.42. The Morgan fingerprint density at radius 3 is 2.60 bits per heavy atom. The summed E-state index contributed by atoms with van der Waals surface area (Å²) in [5.74, 6) is 3.64. The number of hydrogen-bond acceptors (Lipinski definition) is 7. The van der Waals surface area contributed by atoms with Gasteiger partial charge in [0.2, 0.25) is 0 Å². The number of benzene rings is 2. The molecule has 8 heteroatoms. The van der Waals surface area contributed by atoms with E-state index in [1.54, 1.807) is 31.4 Å². The summed E-state index contributed by atoms with van der Waals surface area (Å²) in [6.07, 6.45) is 9.32. The fourth-order valence-corrected chi connectivity index (χ4v) is 4.25. The van der Waals surface area contributed by atoms with Crippen LogP contribution in [0.5, 0.6) is 11.5 Å². The third-order valence-corrected chi connectivity index (χ3v) is 5.97. The lowest BCUT2D eigenvalue weighted by molar-refractivity contribution is -0.384. The fourth-order valence-electron chi connectivity index (χ4n) is 4.25. The number of hydrogen-bond donors (Lipinski definition) is 1. The van der Waals surface area contributed by atoms with Gasteiger partial charge >= 0.3 is 0 Å². The predicted octanol–water partition coefficient (Wildman–Crippen LogP) is 4.25. The third kappa shape index (κ3) is 6.83. The topological polar surface area (TPSA) is 101 Å². The normalized spacial score (nSPS) is 14.7. The van der Waals surface area contributed by atoms with Gasteiger partial charge in [-0.2, -0.15) is 5.26 Å². The number of methoxy groups -OCH3 is 1. The maximum atomic E-state index is 11.0. The lowest BCUT2D eigenvalue weighted by atomic mass is 10.00. The Balaban J connectivity index is 1.93. The van der Waals surface area contributed by atoms with Crippen molar-refractivity contribution in [1.29, 1.82) is 5.26 Å². The van der Waals surface area contributed by atoms with Crippen LogP contribution in [0.1, 0.15) is 36.5 Å². The molecule has 8 nitrogen and oxygen atoms in total. The zero-order valence-electron chi connectivity index (χ0n) is 20.1. The highest BCUT2D eigenvalue weighted by Gasteiger charge is 2.21. The molecule has 0 aromatic heterocycles. The summed E-state index contributed by atoms with van der Waals surface area (Å²) in [6.45, 7) is 5.79. The third-order valence-electron chi connectivity index (χ3n) is 5.97. The summed E-state index contributed by atoms with van der Waals surface area (Å²) in [5.41, 5.74) is 2.65. The van der Waals surface area contributed by atoms with Crippen molar-refractivity contribution in [2.75, 3.05) is 33.4 Å². The minimum atomic E-state index is -0.466. The number of terminal acetylenes is 1. The van der Waals surface area contributed by atoms with Gasteiger partial charge in [-0.25, -0.2) is 0 Å². The summed E-state index contributed by atoms with van der Waals surface area (Å²) >= 11 is 0. The minimum Gasteiger partial charge on any atom is -0.493 e. The smallest absolute Gasteiger partial charge is 0.269 e. The van der Waals surface area contributed by atoms with Gasteiger partial charge in [-0.15, -0.1) is 6.42 Å². The van der Waals surface area contributed by atoms with Gasteiger partial charge in [0.25, 0.3) is 5.69 Å². The number of allylic oxidation sites excluding steroid dienone is 1. The highest BCUT2D eigenvalue weighted by molar-refractivity contribution is 5.90. The highest BCUT2D eigenvalue weighted by Crippen LogP contribution is 2.35. The maximum absolute atomic E-state index is 11.0. The van der Waals surface area contributed by atoms with Crippen molar-refractivity contribution in [1.82, 2.24) is 10.2 Å². The standard InChI is InChI=1S/C27H30N4O4/c1-4-14-35-27-23(19-30-12-10-24(11-13-30)29-5-2)16-20(17-26(27)34-3)15-22(18-28)21-6-8-25(9-7-21)31(32)33/h1,6-9,15-17,24,29H,5,10-14,19H2,2-3H3/b22-15+. The largest absolute Gasteiger partial charge is 0.493 e. The van der Waals surface area contributed by atoms with E-state index in [-0.39, 0.29) is 12.3 Å². The van der Waals surface area contributed by atoms with Crippen LogP contribution in [0.4, 0.5) is 5.69 Å². The van der Waals surface area contributed by atoms with Crippen LogP contribution in [0, 0.1) is 33.8 Å². The van der Waals surface area contributed by atoms with Crippen molar-refractivity contribution >= 4 is 17.3 Å². The number of nitrogens with zero attached hydrogens (tertiary/aromatic N) is 3. The monoisotopic (exact) mass is 474 g/mol. The second kappa shape index (κ2) is 12.6. The van der Waals surface area contributed by atoms with E-state index in [2.05, 4.69) is 29.1 Å². The van der Waals surface area contributed by atoms with Crippen LogP contribution in [0.25, 0.3) is 11.6 Å². The molecule has 0 bridgehead atoms. The SMILES string of the molecule is C#CCOc1c(CN2CCC(NCC)CC2)cc(/C=C(\C#N)c2ccc([N+](=O)[O-])cc2)cc1OC. The van der Waals surface area contributed by atoms with Crippen LogP contribution in [0.3, 0.4) is 0 Å². The van der Waals surface area contributed by atoms with Crippen LogP contribution >= 0.6 is 0 Å². The van der Waals surface area contributed by atoms with E-state index >= 15 is 0 Å². The van der Waals surface area contributed by atoms with Crippen LogP contribution in [0.2, 0.25) is 0 Å². The second-order valence-electron chi connectivity index (χ2n) is 8.29. The molecule has 0 amide bonds. The average molecular weight is 475 g/mol. The van der Waals surface area contributed by atoms with Crippen LogP contribution in [-0.4, -0.2) is 49.2 Å². The van der Waals surface area contributed by atoms with E-state index < -0.39 is 4.92 Å². The zero-order valence-corrected chi connectivity index (χ0v) is 20.1. The van der Waals surface area contributed by atoms with Crippen molar-refractivity contribution < 1.29 is 14.4 Å². The van der Waals surface area contributed by atoms with Crippen molar-refractivity contribution in [3.63, 3.8) is 0 Å². The number of piperidine rings is 1. The van der Waals surface area contributed by atoms with Crippen molar-refractivity contribution in [3.05, 3.63) is 63.2 Å². The van der Waals surface area contributed by atoms with E-state index in [1.165, 1.54) is 12.1 Å². The first-order valence-corrected chi connectivity index (χ1v) is 11.6. The summed E-state index contributed by atoms with van der Waals surface area (Å²) in [7, 11) is 1.57. The van der Waals surface area contributed by atoms with Crippen molar-refractivity contribution in [2.24, 2.45) is 0 Å². The summed E-state index contributed by atoms with van der Waals surface area (Å²) < 4.78 is 11.5. The first-order valence-electron chi connectivity index (χ1n) is 11.6. The molecule has 2 aromatic carbocycles. The zero-order chi connectivity index (χ0) is 25.2. The van der Waals surface area contributed by atoms with Gasteiger partial charge in [0.05, 0.1) is 23.7 Å². The summed E-state index contributed by atoms with van der Waals surface area (Å²) in [4.78, 5) is 12.9. The second-order valence-corrected chi connectivity index (χ2v) is 8.29. The molecule has 1 N–H and O–H groups in total. The quantitative estimate of drug-likeness (QED) is 0.181. The van der Waals surface area contributed by atoms with E-state index in [9.17, 15) is 15.4 Å². The Bertz CT molecular complexity index is 1140. The highest BCUT2D eigenvalue weighted by atomic mass is 16.6. The molecule has 182 valence electrons. The number of ether oxygens (including phenoxy) is 2. The molecule has 1 saturated heterocycles. The summed E-state index contributed by atoms with van der Waals surface area (Å²) in [5, 5.41) is 24.2. The Morgan fingerprint density at radius 1 is 1.31 bits per heavy atom. The van der Waals surface area contributed by atoms with E-state index in [0.29, 0.717) is 35.2 Å². The number of non-ortho nitro benzene ring substituents is 1. The van der Waals surface area contributed by atoms with Gasteiger partial charge in [0.1, 0.15) is 6.61 Å². The Hall–Kier alpha value is -3.85. The first-order chi connectivity index (χ1) is 17.0. The molecular weight excluding hydrogens is 444 g/mol. The van der Waals surface area contributed by atoms with Gasteiger partial charge in [0, 0.05) is 30.3 Å². The molecule has 1 aliphatic rings.